The van der Waals surface area contributed by atoms with Crippen molar-refractivity contribution in [2.75, 3.05) is 0 Å². The van der Waals surface area contributed by atoms with Crippen molar-refractivity contribution < 1.29 is 14.3 Å². The maximum absolute atomic E-state index is 13.8. The van der Waals surface area contributed by atoms with Crippen molar-refractivity contribution in [3.63, 3.8) is 0 Å². The van der Waals surface area contributed by atoms with Crippen molar-refractivity contribution in [3.8, 4) is 0 Å². The number of rotatable bonds is 4. The number of carbonyl (C=O) groups is 1. The van der Waals surface area contributed by atoms with Gasteiger partial charge in [-0.25, -0.2) is 9.18 Å². The molecule has 4 heteroatoms. The second-order valence-electron chi connectivity index (χ2n) is 4.92. The van der Waals surface area contributed by atoms with Gasteiger partial charge >= 0.3 is 5.97 Å². The predicted molar refractivity (Wildman–Crippen MR) is 74.1 cm³/mol. The summed E-state index contributed by atoms with van der Waals surface area (Å²) in [5.41, 5.74) is 1.20. The lowest BCUT2D eigenvalue weighted by atomic mass is 10.1. The van der Waals surface area contributed by atoms with E-state index in [1.54, 1.807) is 23.9 Å². The molecule has 0 atom stereocenters. The van der Waals surface area contributed by atoms with Crippen molar-refractivity contribution in [1.82, 2.24) is 0 Å². The van der Waals surface area contributed by atoms with E-state index in [-0.39, 0.29) is 10.6 Å². The highest BCUT2D eigenvalue weighted by atomic mass is 32.2. The standard InChI is InChI=1S/C14H17FO2S/c1-14(2,3)18-9-11-6-4-10(8-12(11)15)5-7-13(16)17/h4-8H,9H2,1-3H3,(H,16,17)/b7-5+. The Bertz CT molecular complexity index is 461. The molecule has 18 heavy (non-hydrogen) atoms. The second-order valence-corrected chi connectivity index (χ2v) is 6.73. The van der Waals surface area contributed by atoms with Crippen molar-refractivity contribution in [3.05, 3.63) is 41.2 Å². The van der Waals surface area contributed by atoms with Gasteiger partial charge in [-0.05, 0) is 23.3 Å². The van der Waals surface area contributed by atoms with E-state index >= 15 is 0 Å². The summed E-state index contributed by atoms with van der Waals surface area (Å²) in [4.78, 5) is 10.4. The SMILES string of the molecule is CC(C)(C)SCc1ccc(/C=C/C(=O)O)cc1F. The van der Waals surface area contributed by atoms with Crippen molar-refractivity contribution in [2.24, 2.45) is 0 Å². The Labute approximate surface area is 111 Å². The highest BCUT2D eigenvalue weighted by Gasteiger charge is 2.12. The molecule has 0 aromatic heterocycles. The smallest absolute Gasteiger partial charge is 0.328 e. The zero-order valence-electron chi connectivity index (χ0n) is 10.7. The van der Waals surface area contributed by atoms with Gasteiger partial charge < -0.3 is 5.11 Å². The number of aliphatic carboxylic acids is 1. The maximum Gasteiger partial charge on any atom is 0.328 e. The fourth-order valence-corrected chi connectivity index (χ4v) is 2.07. The van der Waals surface area contributed by atoms with Crippen LogP contribution in [0, 0.1) is 5.82 Å². The van der Waals surface area contributed by atoms with E-state index < -0.39 is 5.97 Å². The third-order valence-corrected chi connectivity index (χ3v) is 3.48. The van der Waals surface area contributed by atoms with Crippen LogP contribution < -0.4 is 0 Å². The summed E-state index contributed by atoms with van der Waals surface area (Å²) in [5.74, 6) is -0.722. The molecule has 0 heterocycles. The number of carboxylic acids is 1. The highest BCUT2D eigenvalue weighted by Crippen LogP contribution is 2.28. The first-order valence-corrected chi connectivity index (χ1v) is 6.60. The Morgan fingerprint density at radius 3 is 2.61 bits per heavy atom. The Morgan fingerprint density at radius 2 is 2.11 bits per heavy atom. The molecule has 1 N–H and O–H groups in total. The molecule has 0 aliphatic rings. The van der Waals surface area contributed by atoms with Crippen LogP contribution in [0.1, 0.15) is 31.9 Å². The lowest BCUT2D eigenvalue weighted by Crippen LogP contribution is -2.07. The lowest BCUT2D eigenvalue weighted by Gasteiger charge is -2.17. The lowest BCUT2D eigenvalue weighted by molar-refractivity contribution is -0.131. The summed E-state index contributed by atoms with van der Waals surface area (Å²) in [6, 6.07) is 4.79. The molecule has 0 saturated carbocycles. The van der Waals surface area contributed by atoms with E-state index in [1.807, 2.05) is 0 Å². The first-order chi connectivity index (χ1) is 8.28. The molecule has 0 bridgehead atoms. The first kappa shape index (κ1) is 14.8. The summed E-state index contributed by atoms with van der Waals surface area (Å²) >= 11 is 1.67. The molecule has 0 amide bonds. The van der Waals surface area contributed by atoms with Crippen molar-refractivity contribution >= 4 is 23.8 Å². The van der Waals surface area contributed by atoms with Gasteiger partial charge in [-0.2, -0.15) is 11.8 Å². The summed E-state index contributed by atoms with van der Waals surface area (Å²) in [6.07, 6.45) is 2.38. The predicted octanol–water partition coefficient (Wildman–Crippen LogP) is 3.96. The molecule has 0 aliphatic carbocycles. The Morgan fingerprint density at radius 1 is 1.44 bits per heavy atom. The highest BCUT2D eigenvalue weighted by molar-refractivity contribution is 7.99. The number of hydrogen-bond acceptors (Lipinski definition) is 2. The van der Waals surface area contributed by atoms with Crippen LogP contribution in [0.3, 0.4) is 0 Å². The molecule has 0 aliphatic heterocycles. The van der Waals surface area contributed by atoms with Crippen molar-refractivity contribution in [1.29, 1.82) is 0 Å². The molecule has 0 saturated heterocycles. The fourth-order valence-electron chi connectivity index (χ4n) is 1.25. The Kier molecular flexibility index (Phi) is 4.96. The van der Waals surface area contributed by atoms with Gasteiger partial charge in [-0.1, -0.05) is 32.9 Å². The molecule has 1 aromatic rings. The monoisotopic (exact) mass is 268 g/mol. The molecule has 0 radical (unpaired) electrons. The van der Waals surface area contributed by atoms with Crippen LogP contribution in [0.15, 0.2) is 24.3 Å². The zero-order valence-corrected chi connectivity index (χ0v) is 11.6. The van der Waals surface area contributed by atoms with Gasteiger partial charge in [0, 0.05) is 16.6 Å². The quantitative estimate of drug-likeness (QED) is 0.840. The molecule has 0 spiro atoms. The molecule has 0 fully saturated rings. The molecule has 2 nitrogen and oxygen atoms in total. The summed E-state index contributed by atoms with van der Waals surface area (Å²) in [6.45, 7) is 6.25. The molecule has 0 unspecified atom stereocenters. The van der Waals surface area contributed by atoms with Gasteiger partial charge in [0.1, 0.15) is 5.82 Å². The molecule has 1 aromatic carbocycles. The number of halogens is 1. The van der Waals surface area contributed by atoms with Gasteiger partial charge in [0.05, 0.1) is 0 Å². The van der Waals surface area contributed by atoms with E-state index in [2.05, 4.69) is 20.8 Å². The Balaban J connectivity index is 2.77. The van der Waals surface area contributed by atoms with E-state index in [0.29, 0.717) is 16.9 Å². The molecular weight excluding hydrogens is 251 g/mol. The van der Waals surface area contributed by atoms with Crippen LogP contribution in [0.2, 0.25) is 0 Å². The van der Waals surface area contributed by atoms with Crippen molar-refractivity contribution in [2.45, 2.75) is 31.3 Å². The van der Waals surface area contributed by atoms with Gasteiger partial charge in [0.2, 0.25) is 0 Å². The molecule has 98 valence electrons. The molecule has 1 rings (SSSR count). The fraction of sp³-hybridized carbons (Fsp3) is 0.357. The van der Waals surface area contributed by atoms with E-state index in [4.69, 9.17) is 5.11 Å². The van der Waals surface area contributed by atoms with Crippen LogP contribution in [-0.4, -0.2) is 15.8 Å². The largest absolute Gasteiger partial charge is 0.478 e. The van der Waals surface area contributed by atoms with Crippen LogP contribution in [-0.2, 0) is 10.5 Å². The number of carboxylic acid groups (broad SMARTS) is 1. The van der Waals surface area contributed by atoms with Crippen LogP contribution >= 0.6 is 11.8 Å². The van der Waals surface area contributed by atoms with Gasteiger partial charge in [0.15, 0.2) is 0 Å². The summed E-state index contributed by atoms with van der Waals surface area (Å²) < 4.78 is 13.8. The minimum atomic E-state index is -1.04. The number of thioether (sulfide) groups is 1. The van der Waals surface area contributed by atoms with Crippen LogP contribution in [0.4, 0.5) is 4.39 Å². The van der Waals surface area contributed by atoms with Crippen LogP contribution in [0.5, 0.6) is 0 Å². The summed E-state index contributed by atoms with van der Waals surface area (Å²) in [5, 5.41) is 8.49. The second kappa shape index (κ2) is 6.05. The van der Waals surface area contributed by atoms with Gasteiger partial charge in [-0.3, -0.25) is 0 Å². The first-order valence-electron chi connectivity index (χ1n) is 5.61. The zero-order chi connectivity index (χ0) is 13.8. The average Bonchev–Trinajstić information content (AvgIpc) is 2.23. The third-order valence-electron chi connectivity index (χ3n) is 2.16. The maximum atomic E-state index is 13.8. The number of benzene rings is 1. The molecular formula is C14H17FO2S. The van der Waals surface area contributed by atoms with Gasteiger partial charge in [-0.15, -0.1) is 0 Å². The number of hydrogen-bond donors (Lipinski definition) is 1. The minimum Gasteiger partial charge on any atom is -0.478 e. The van der Waals surface area contributed by atoms with E-state index in [1.165, 1.54) is 12.1 Å². The average molecular weight is 268 g/mol. The Hall–Kier alpha value is -1.29. The van der Waals surface area contributed by atoms with Crippen LogP contribution in [0.25, 0.3) is 6.08 Å². The normalized spacial score (nSPS) is 12.0. The van der Waals surface area contributed by atoms with Gasteiger partial charge in [0.25, 0.3) is 0 Å². The topological polar surface area (TPSA) is 37.3 Å². The third kappa shape index (κ3) is 5.36. The minimum absolute atomic E-state index is 0.0916. The van der Waals surface area contributed by atoms with E-state index in [9.17, 15) is 9.18 Å². The van der Waals surface area contributed by atoms with E-state index in [0.717, 1.165) is 6.08 Å². The summed E-state index contributed by atoms with van der Waals surface area (Å²) in [7, 11) is 0.